The molecule has 0 atom stereocenters. The number of rotatable bonds is 9. The van der Waals surface area contributed by atoms with Gasteiger partial charge in [0.15, 0.2) is 18.1 Å². The first-order chi connectivity index (χ1) is 13.7. The number of hydrazone groups is 1. The van der Waals surface area contributed by atoms with Crippen molar-refractivity contribution in [2.75, 3.05) is 25.2 Å². The van der Waals surface area contributed by atoms with Crippen LogP contribution in [0.25, 0.3) is 10.2 Å². The number of fused-ring (bicyclic) bond motifs is 1. The molecule has 0 radical (unpaired) electrons. The van der Waals surface area contributed by atoms with Crippen molar-refractivity contribution >= 4 is 38.9 Å². The second kappa shape index (κ2) is 9.70. The zero-order chi connectivity index (χ0) is 19.8. The van der Waals surface area contributed by atoms with E-state index in [-0.39, 0.29) is 6.61 Å². The van der Waals surface area contributed by atoms with Gasteiger partial charge in [-0.1, -0.05) is 23.5 Å². The molecule has 0 spiro atoms. The fourth-order valence-electron chi connectivity index (χ4n) is 2.41. The van der Waals surface area contributed by atoms with E-state index in [4.69, 9.17) is 14.2 Å². The Hall–Kier alpha value is -3.13. The summed E-state index contributed by atoms with van der Waals surface area (Å²) >= 11 is 1.53. The molecule has 0 aliphatic carbocycles. The predicted octanol–water partition coefficient (Wildman–Crippen LogP) is 4.08. The number of nitrogens with one attached hydrogen (secondary N) is 1. The summed E-state index contributed by atoms with van der Waals surface area (Å²) in [5.41, 5.74) is 4.70. The Bertz CT molecular complexity index is 938. The number of ether oxygens (including phenoxy) is 3. The van der Waals surface area contributed by atoms with Gasteiger partial charge in [-0.2, -0.15) is 5.10 Å². The molecule has 1 N–H and O–H groups in total. The lowest BCUT2D eigenvalue weighted by atomic mass is 10.2. The van der Waals surface area contributed by atoms with Crippen molar-refractivity contribution < 1.29 is 19.0 Å². The lowest BCUT2D eigenvalue weighted by Gasteiger charge is -2.12. The number of thiazole rings is 1. The van der Waals surface area contributed by atoms with Crippen molar-refractivity contribution in [3.63, 3.8) is 0 Å². The van der Waals surface area contributed by atoms with Crippen LogP contribution in [0.3, 0.4) is 0 Å². The summed E-state index contributed by atoms with van der Waals surface area (Å²) in [6.45, 7) is 4.25. The summed E-state index contributed by atoms with van der Waals surface area (Å²) in [4.78, 5) is 15.9. The van der Waals surface area contributed by atoms with E-state index in [2.05, 4.69) is 15.5 Å². The smallest absolute Gasteiger partial charge is 0.344 e. The molecule has 146 valence electrons. The minimum Gasteiger partial charge on any atom is -0.490 e. The van der Waals surface area contributed by atoms with Crippen molar-refractivity contribution in [3.05, 3.63) is 48.0 Å². The Balaban J connectivity index is 1.66. The zero-order valence-electron chi connectivity index (χ0n) is 15.7. The van der Waals surface area contributed by atoms with Gasteiger partial charge in [0, 0.05) is 0 Å². The number of benzene rings is 2. The van der Waals surface area contributed by atoms with Crippen LogP contribution in [0.5, 0.6) is 11.5 Å². The molecule has 1 heterocycles. The summed E-state index contributed by atoms with van der Waals surface area (Å²) in [5.74, 6) is 0.595. The number of aromatic nitrogens is 1. The molecule has 0 saturated carbocycles. The van der Waals surface area contributed by atoms with Crippen LogP contribution in [0.2, 0.25) is 0 Å². The first-order valence-corrected chi connectivity index (χ1v) is 9.71. The number of hydrogen-bond acceptors (Lipinski definition) is 8. The minimum absolute atomic E-state index is 0.166. The average molecular weight is 399 g/mol. The third-order valence-corrected chi connectivity index (χ3v) is 4.53. The van der Waals surface area contributed by atoms with E-state index in [9.17, 15) is 4.79 Å². The molecule has 3 aromatic rings. The Morgan fingerprint density at radius 2 is 2.00 bits per heavy atom. The molecule has 0 unspecified atom stereocenters. The lowest BCUT2D eigenvalue weighted by Crippen LogP contribution is -2.15. The molecule has 0 fully saturated rings. The molecular weight excluding hydrogens is 378 g/mol. The van der Waals surface area contributed by atoms with Gasteiger partial charge in [-0.05, 0) is 49.7 Å². The quantitative estimate of drug-likeness (QED) is 0.332. The molecule has 7 nitrogen and oxygen atoms in total. The van der Waals surface area contributed by atoms with Gasteiger partial charge in [0.1, 0.15) is 0 Å². The largest absolute Gasteiger partial charge is 0.490 e. The maximum absolute atomic E-state index is 11.5. The molecule has 28 heavy (non-hydrogen) atoms. The van der Waals surface area contributed by atoms with Crippen molar-refractivity contribution in [1.82, 2.24) is 4.98 Å². The SMILES string of the molecule is CCOC(=O)COc1ccc(/C=N/Nc2nc3ccccc3s2)cc1OCC. The van der Waals surface area contributed by atoms with Gasteiger partial charge in [0.2, 0.25) is 5.13 Å². The normalized spacial score (nSPS) is 10.9. The highest BCUT2D eigenvalue weighted by molar-refractivity contribution is 7.22. The van der Waals surface area contributed by atoms with E-state index in [0.29, 0.717) is 24.7 Å². The molecule has 3 rings (SSSR count). The molecule has 1 aromatic heterocycles. The Labute approximate surface area is 167 Å². The van der Waals surface area contributed by atoms with Gasteiger partial charge >= 0.3 is 5.97 Å². The Morgan fingerprint density at radius 1 is 1.14 bits per heavy atom. The van der Waals surface area contributed by atoms with Crippen molar-refractivity contribution in [2.45, 2.75) is 13.8 Å². The van der Waals surface area contributed by atoms with Gasteiger partial charge < -0.3 is 14.2 Å². The van der Waals surface area contributed by atoms with Crippen LogP contribution in [-0.2, 0) is 9.53 Å². The average Bonchev–Trinajstić information content (AvgIpc) is 3.10. The van der Waals surface area contributed by atoms with Crippen molar-refractivity contribution in [3.8, 4) is 11.5 Å². The second-order valence-corrected chi connectivity index (χ2v) is 6.62. The summed E-state index contributed by atoms with van der Waals surface area (Å²) in [6.07, 6.45) is 1.67. The molecule has 8 heteroatoms. The van der Waals surface area contributed by atoms with E-state index in [0.717, 1.165) is 20.9 Å². The standard InChI is InChI=1S/C20H21N3O4S/c1-3-25-17-11-14(9-10-16(17)27-13-19(24)26-4-2)12-21-23-20-22-15-7-5-6-8-18(15)28-20/h5-12H,3-4,13H2,1-2H3,(H,22,23)/b21-12+. The zero-order valence-corrected chi connectivity index (χ0v) is 16.5. The molecule has 0 aliphatic rings. The lowest BCUT2D eigenvalue weighted by molar-refractivity contribution is -0.145. The number of nitrogens with zero attached hydrogens (tertiary/aromatic N) is 2. The molecule has 0 aliphatic heterocycles. The minimum atomic E-state index is -0.421. The van der Waals surface area contributed by atoms with Gasteiger partial charge in [-0.25, -0.2) is 9.78 Å². The number of para-hydroxylation sites is 1. The number of carbonyl (C=O) groups is 1. The monoisotopic (exact) mass is 399 g/mol. The molecule has 0 amide bonds. The van der Waals surface area contributed by atoms with Crippen molar-refractivity contribution in [2.24, 2.45) is 5.10 Å². The first kappa shape index (κ1) is 19.6. The molecule has 0 saturated heterocycles. The fraction of sp³-hybridized carbons (Fsp3) is 0.250. The topological polar surface area (TPSA) is 82.0 Å². The first-order valence-electron chi connectivity index (χ1n) is 8.89. The molecule has 0 bridgehead atoms. The third kappa shape index (κ3) is 5.20. The summed E-state index contributed by atoms with van der Waals surface area (Å²) < 4.78 is 17.1. The van der Waals surface area contributed by atoms with Crippen LogP contribution in [0.15, 0.2) is 47.6 Å². The number of esters is 1. The summed E-state index contributed by atoms with van der Waals surface area (Å²) in [5, 5.41) is 4.96. The number of carbonyl (C=O) groups excluding carboxylic acids is 1. The maximum Gasteiger partial charge on any atom is 0.344 e. The fourth-order valence-corrected chi connectivity index (χ4v) is 3.23. The number of anilines is 1. The Kier molecular flexibility index (Phi) is 6.80. The summed E-state index contributed by atoms with van der Waals surface area (Å²) in [7, 11) is 0. The Morgan fingerprint density at radius 3 is 2.79 bits per heavy atom. The van der Waals surface area contributed by atoms with Gasteiger partial charge in [0.05, 0.1) is 29.6 Å². The summed E-state index contributed by atoms with van der Waals surface area (Å²) in [6, 6.07) is 13.3. The van der Waals surface area contributed by atoms with Crippen LogP contribution >= 0.6 is 11.3 Å². The van der Waals surface area contributed by atoms with Gasteiger partial charge in [-0.15, -0.1) is 0 Å². The van der Waals surface area contributed by atoms with Crippen LogP contribution in [0, 0.1) is 0 Å². The van der Waals surface area contributed by atoms with E-state index in [1.54, 1.807) is 25.3 Å². The maximum atomic E-state index is 11.5. The van der Waals surface area contributed by atoms with Crippen LogP contribution < -0.4 is 14.9 Å². The molecular formula is C20H21N3O4S. The highest BCUT2D eigenvalue weighted by Crippen LogP contribution is 2.28. The van der Waals surface area contributed by atoms with E-state index >= 15 is 0 Å². The second-order valence-electron chi connectivity index (χ2n) is 5.59. The van der Waals surface area contributed by atoms with E-state index in [1.807, 2.05) is 37.3 Å². The van der Waals surface area contributed by atoms with Crippen LogP contribution in [0.4, 0.5) is 5.13 Å². The highest BCUT2D eigenvalue weighted by atomic mass is 32.1. The van der Waals surface area contributed by atoms with Gasteiger partial charge in [0.25, 0.3) is 0 Å². The predicted molar refractivity (Wildman–Crippen MR) is 111 cm³/mol. The van der Waals surface area contributed by atoms with Crippen LogP contribution in [-0.4, -0.2) is 37.0 Å². The number of hydrogen-bond donors (Lipinski definition) is 1. The van der Waals surface area contributed by atoms with E-state index in [1.165, 1.54) is 11.3 Å². The van der Waals surface area contributed by atoms with Crippen molar-refractivity contribution in [1.29, 1.82) is 0 Å². The van der Waals surface area contributed by atoms with Gasteiger partial charge in [-0.3, -0.25) is 5.43 Å². The van der Waals surface area contributed by atoms with Crippen LogP contribution in [0.1, 0.15) is 19.4 Å². The third-order valence-electron chi connectivity index (χ3n) is 3.59. The van der Waals surface area contributed by atoms with E-state index < -0.39 is 5.97 Å². The highest BCUT2D eigenvalue weighted by Gasteiger charge is 2.09. The molecule has 2 aromatic carbocycles.